The molecule has 0 radical (unpaired) electrons. The number of carboxylic acid groups (broad SMARTS) is 1. The molecule has 1 rings (SSSR count). The van der Waals surface area contributed by atoms with Crippen LogP contribution >= 0.6 is 21.6 Å². The van der Waals surface area contributed by atoms with Crippen molar-refractivity contribution in [3.63, 3.8) is 0 Å². The lowest BCUT2D eigenvalue weighted by molar-refractivity contribution is -0.138. The highest BCUT2D eigenvalue weighted by atomic mass is 33.1. The zero-order valence-electron chi connectivity index (χ0n) is 10.5. The molecule has 1 aliphatic heterocycles. The zero-order chi connectivity index (χ0) is 13.4. The number of hydrogen-bond acceptors (Lipinski definition) is 4. The number of rotatable bonds is 7. The average molecular weight is 292 g/mol. The number of nitrogens with one attached hydrogen (secondary N) is 2. The summed E-state index contributed by atoms with van der Waals surface area (Å²) in [5.74, 6) is 0.226. The summed E-state index contributed by atoms with van der Waals surface area (Å²) in [6.07, 6.45) is 4.54. The Morgan fingerprint density at radius 1 is 1.44 bits per heavy atom. The van der Waals surface area contributed by atoms with Crippen molar-refractivity contribution in [2.45, 2.75) is 43.9 Å². The lowest BCUT2D eigenvalue weighted by atomic mass is 10.1. The molecule has 18 heavy (non-hydrogen) atoms. The number of carboxylic acids is 1. The van der Waals surface area contributed by atoms with Crippen molar-refractivity contribution in [2.75, 3.05) is 12.3 Å². The second-order valence-corrected chi connectivity index (χ2v) is 7.07. The third-order valence-corrected chi connectivity index (χ3v) is 5.69. The quantitative estimate of drug-likeness (QED) is 0.494. The number of amides is 2. The van der Waals surface area contributed by atoms with Gasteiger partial charge in [0.15, 0.2) is 0 Å². The molecule has 7 heteroatoms. The second-order valence-electron chi connectivity index (χ2n) is 4.28. The molecule has 0 aromatic heterocycles. The van der Waals surface area contributed by atoms with Crippen LogP contribution in [0.1, 0.15) is 32.6 Å². The molecule has 2 amide bonds. The zero-order valence-corrected chi connectivity index (χ0v) is 12.1. The Bertz CT molecular complexity index is 283. The lowest BCUT2D eigenvalue weighted by Crippen LogP contribution is -2.44. The van der Waals surface area contributed by atoms with Crippen LogP contribution in [-0.4, -0.2) is 40.7 Å². The topological polar surface area (TPSA) is 78.4 Å². The van der Waals surface area contributed by atoms with E-state index in [1.54, 1.807) is 0 Å². The van der Waals surface area contributed by atoms with Gasteiger partial charge in [0.25, 0.3) is 0 Å². The maximum absolute atomic E-state index is 11.3. The minimum Gasteiger partial charge on any atom is -0.480 e. The number of urea groups is 1. The van der Waals surface area contributed by atoms with Gasteiger partial charge in [0.1, 0.15) is 6.04 Å². The van der Waals surface area contributed by atoms with Crippen LogP contribution in [0.15, 0.2) is 0 Å². The molecule has 0 spiro atoms. The van der Waals surface area contributed by atoms with E-state index in [1.807, 2.05) is 21.6 Å². The van der Waals surface area contributed by atoms with Crippen molar-refractivity contribution in [1.29, 1.82) is 0 Å². The predicted molar refractivity (Wildman–Crippen MR) is 75.9 cm³/mol. The fourth-order valence-corrected chi connectivity index (χ4v) is 4.60. The van der Waals surface area contributed by atoms with E-state index in [0.29, 0.717) is 6.54 Å². The van der Waals surface area contributed by atoms with E-state index in [2.05, 4.69) is 10.6 Å². The van der Waals surface area contributed by atoms with Crippen molar-refractivity contribution in [3.05, 3.63) is 0 Å². The molecule has 1 fully saturated rings. The summed E-state index contributed by atoms with van der Waals surface area (Å²) in [6.45, 7) is 2.04. The van der Waals surface area contributed by atoms with Crippen molar-refractivity contribution in [1.82, 2.24) is 10.6 Å². The van der Waals surface area contributed by atoms with Gasteiger partial charge >= 0.3 is 12.0 Å². The van der Waals surface area contributed by atoms with Gasteiger partial charge in [-0.25, -0.2) is 4.79 Å². The summed E-state index contributed by atoms with van der Waals surface area (Å²) in [6, 6.07) is -1.26. The van der Waals surface area contributed by atoms with E-state index in [4.69, 9.17) is 5.11 Å². The van der Waals surface area contributed by atoms with Crippen LogP contribution in [0.4, 0.5) is 4.79 Å². The molecular weight excluding hydrogens is 272 g/mol. The largest absolute Gasteiger partial charge is 0.480 e. The van der Waals surface area contributed by atoms with Crippen LogP contribution in [0.5, 0.6) is 0 Å². The summed E-state index contributed by atoms with van der Waals surface area (Å²) >= 11 is 0. The first-order valence-electron chi connectivity index (χ1n) is 6.15. The SMILES string of the molecule is CC(NC(=O)NCCCC[C@@H]1CCSS1)C(=O)O. The summed E-state index contributed by atoms with van der Waals surface area (Å²) in [5, 5.41) is 14.4. The Morgan fingerprint density at radius 3 is 2.83 bits per heavy atom. The molecule has 2 atom stereocenters. The third-order valence-electron chi connectivity index (χ3n) is 2.68. The Kier molecular flexibility index (Phi) is 7.34. The molecule has 0 bridgehead atoms. The van der Waals surface area contributed by atoms with Crippen LogP contribution in [0.25, 0.3) is 0 Å². The maximum Gasteiger partial charge on any atom is 0.325 e. The van der Waals surface area contributed by atoms with Crippen LogP contribution in [-0.2, 0) is 4.79 Å². The first kappa shape index (κ1) is 15.5. The van der Waals surface area contributed by atoms with E-state index in [-0.39, 0.29) is 0 Å². The smallest absolute Gasteiger partial charge is 0.325 e. The first-order chi connectivity index (χ1) is 8.59. The third kappa shape index (κ3) is 6.39. The minimum atomic E-state index is -1.03. The van der Waals surface area contributed by atoms with Gasteiger partial charge in [-0.3, -0.25) is 4.79 Å². The van der Waals surface area contributed by atoms with Gasteiger partial charge in [-0.15, -0.1) is 0 Å². The fraction of sp³-hybridized carbons (Fsp3) is 0.818. The predicted octanol–water partition coefficient (Wildman–Crippen LogP) is 2.08. The molecule has 1 unspecified atom stereocenters. The molecule has 5 nitrogen and oxygen atoms in total. The lowest BCUT2D eigenvalue weighted by Gasteiger charge is -2.11. The van der Waals surface area contributed by atoms with Gasteiger partial charge in [0, 0.05) is 17.5 Å². The van der Waals surface area contributed by atoms with E-state index >= 15 is 0 Å². The van der Waals surface area contributed by atoms with Gasteiger partial charge < -0.3 is 15.7 Å². The maximum atomic E-state index is 11.3. The van der Waals surface area contributed by atoms with Gasteiger partial charge in [-0.1, -0.05) is 28.0 Å². The molecule has 1 heterocycles. The number of unbranched alkanes of at least 4 members (excludes halogenated alkanes) is 1. The molecule has 1 aliphatic rings. The van der Waals surface area contributed by atoms with Gasteiger partial charge in [0.05, 0.1) is 0 Å². The molecular formula is C11H20N2O3S2. The number of carbonyl (C=O) groups is 2. The van der Waals surface area contributed by atoms with E-state index in [9.17, 15) is 9.59 Å². The normalized spacial score (nSPS) is 20.4. The minimum absolute atomic E-state index is 0.407. The van der Waals surface area contributed by atoms with Crippen molar-refractivity contribution >= 4 is 33.6 Å². The average Bonchev–Trinajstić information content (AvgIpc) is 2.81. The first-order valence-corrected chi connectivity index (χ1v) is 8.53. The van der Waals surface area contributed by atoms with Gasteiger partial charge in [-0.05, 0) is 26.2 Å². The highest BCUT2D eigenvalue weighted by molar-refractivity contribution is 8.77. The Hall–Kier alpha value is -0.560. The number of aliphatic carboxylic acids is 1. The van der Waals surface area contributed by atoms with E-state index in [0.717, 1.165) is 18.1 Å². The molecule has 1 saturated heterocycles. The second kappa shape index (κ2) is 8.53. The van der Waals surface area contributed by atoms with Crippen LogP contribution in [0.2, 0.25) is 0 Å². The highest BCUT2D eigenvalue weighted by Crippen LogP contribution is 2.39. The van der Waals surface area contributed by atoms with Crippen LogP contribution in [0, 0.1) is 0 Å². The van der Waals surface area contributed by atoms with E-state index in [1.165, 1.54) is 25.5 Å². The van der Waals surface area contributed by atoms with Crippen molar-refractivity contribution in [3.8, 4) is 0 Å². The molecule has 0 saturated carbocycles. The van der Waals surface area contributed by atoms with E-state index < -0.39 is 18.0 Å². The van der Waals surface area contributed by atoms with Crippen molar-refractivity contribution < 1.29 is 14.7 Å². The molecule has 3 N–H and O–H groups in total. The molecule has 0 aromatic rings. The Morgan fingerprint density at radius 2 is 2.22 bits per heavy atom. The van der Waals surface area contributed by atoms with Crippen LogP contribution in [0.3, 0.4) is 0 Å². The number of hydrogen-bond donors (Lipinski definition) is 3. The monoisotopic (exact) mass is 292 g/mol. The Balaban J connectivity index is 1.96. The highest BCUT2D eigenvalue weighted by Gasteiger charge is 2.16. The summed E-state index contributed by atoms with van der Waals surface area (Å²) in [4.78, 5) is 21.8. The van der Waals surface area contributed by atoms with Crippen molar-refractivity contribution in [2.24, 2.45) is 0 Å². The molecule has 0 aliphatic carbocycles. The molecule has 0 aromatic carbocycles. The Labute approximate surface area is 115 Å². The van der Waals surface area contributed by atoms with Gasteiger partial charge in [0.2, 0.25) is 0 Å². The fourth-order valence-electron chi connectivity index (χ4n) is 1.57. The summed E-state index contributed by atoms with van der Waals surface area (Å²) in [7, 11) is 3.91. The standard InChI is InChI=1S/C11H20N2O3S2/c1-8(10(14)15)13-11(16)12-6-3-2-4-9-5-7-17-18-9/h8-9H,2-7H2,1H3,(H,14,15)(H2,12,13,16)/t8?,9-/m1/s1. The van der Waals surface area contributed by atoms with Crippen LogP contribution < -0.4 is 10.6 Å². The molecule has 104 valence electrons. The number of carbonyl (C=O) groups excluding carboxylic acids is 1. The van der Waals surface area contributed by atoms with Gasteiger partial charge in [-0.2, -0.15) is 0 Å². The summed E-state index contributed by atoms with van der Waals surface area (Å²) < 4.78 is 0. The summed E-state index contributed by atoms with van der Waals surface area (Å²) in [5.41, 5.74) is 0.